The lowest BCUT2D eigenvalue weighted by atomic mass is 10.1. The Bertz CT molecular complexity index is 418. The van der Waals surface area contributed by atoms with Gasteiger partial charge in [0.2, 0.25) is 0 Å². The molecule has 114 valence electrons. The van der Waals surface area contributed by atoms with Gasteiger partial charge in [0.05, 0.1) is 10.2 Å². The molecule has 0 atom stereocenters. The van der Waals surface area contributed by atoms with Crippen LogP contribution in [0, 0.1) is 0 Å². The lowest BCUT2D eigenvalue weighted by Crippen LogP contribution is -2.08. The number of unbranched alkanes of at least 4 members (excludes halogenated alkanes) is 4. The Morgan fingerprint density at radius 1 is 1.25 bits per heavy atom. The first kappa shape index (κ1) is 17.5. The van der Waals surface area contributed by atoms with E-state index in [9.17, 15) is 8.78 Å². The van der Waals surface area contributed by atoms with Crippen LogP contribution in [0.3, 0.4) is 0 Å². The number of hydrogen-bond acceptors (Lipinski definition) is 2. The fraction of sp³-hybridized carbons (Fsp3) is 0.571. The van der Waals surface area contributed by atoms with Crippen LogP contribution < -0.4 is 10.1 Å². The van der Waals surface area contributed by atoms with E-state index in [2.05, 4.69) is 32.9 Å². The number of ether oxygens (including phenoxy) is 1. The van der Waals surface area contributed by atoms with Crippen molar-refractivity contribution in [3.63, 3.8) is 0 Å². The summed E-state index contributed by atoms with van der Waals surface area (Å²) < 4.78 is 29.8. The standard InChI is InChI=1S/C14H19BrClF2NO/c1-2-3-4-5-6-7-19-12-9-10(16)8-11(15)13(12)20-14(17)18/h8-9,14,19H,2-7H2,1H3. The number of hydrogen-bond donors (Lipinski definition) is 1. The summed E-state index contributed by atoms with van der Waals surface area (Å²) in [5.74, 6) is 0.0953. The average molecular weight is 371 g/mol. The Labute approximate surface area is 132 Å². The summed E-state index contributed by atoms with van der Waals surface area (Å²) in [6.45, 7) is 0.00351. The van der Waals surface area contributed by atoms with Crippen molar-refractivity contribution < 1.29 is 13.5 Å². The normalized spacial score (nSPS) is 10.9. The van der Waals surface area contributed by atoms with Crippen molar-refractivity contribution in [2.75, 3.05) is 11.9 Å². The summed E-state index contributed by atoms with van der Waals surface area (Å²) in [6.07, 6.45) is 5.72. The number of halogens is 4. The molecule has 0 saturated carbocycles. The summed E-state index contributed by atoms with van der Waals surface area (Å²) in [6, 6.07) is 3.13. The SMILES string of the molecule is CCCCCCCNc1cc(Cl)cc(Br)c1OC(F)F. The van der Waals surface area contributed by atoms with Crippen molar-refractivity contribution >= 4 is 33.2 Å². The van der Waals surface area contributed by atoms with Gasteiger partial charge in [0, 0.05) is 11.6 Å². The second-order valence-corrected chi connectivity index (χ2v) is 5.77. The molecular formula is C14H19BrClF2NO. The summed E-state index contributed by atoms with van der Waals surface area (Å²) in [7, 11) is 0. The van der Waals surface area contributed by atoms with Gasteiger partial charge in [-0.15, -0.1) is 0 Å². The quantitative estimate of drug-likeness (QED) is 0.531. The lowest BCUT2D eigenvalue weighted by Gasteiger charge is -2.15. The van der Waals surface area contributed by atoms with Gasteiger partial charge in [-0.1, -0.05) is 44.2 Å². The largest absolute Gasteiger partial charge is 0.431 e. The highest BCUT2D eigenvalue weighted by Crippen LogP contribution is 2.37. The van der Waals surface area contributed by atoms with Gasteiger partial charge in [0.1, 0.15) is 0 Å². The van der Waals surface area contributed by atoms with Crippen molar-refractivity contribution in [1.29, 1.82) is 0 Å². The van der Waals surface area contributed by atoms with Crippen LogP contribution in [-0.4, -0.2) is 13.2 Å². The maximum absolute atomic E-state index is 12.4. The van der Waals surface area contributed by atoms with E-state index in [0.29, 0.717) is 21.7 Å². The van der Waals surface area contributed by atoms with Gasteiger partial charge >= 0.3 is 6.61 Å². The Morgan fingerprint density at radius 2 is 1.95 bits per heavy atom. The molecule has 0 aromatic heterocycles. The van der Waals surface area contributed by atoms with E-state index < -0.39 is 6.61 Å². The fourth-order valence-corrected chi connectivity index (χ4v) is 2.76. The van der Waals surface area contributed by atoms with Gasteiger partial charge in [-0.2, -0.15) is 8.78 Å². The van der Waals surface area contributed by atoms with E-state index in [1.165, 1.54) is 25.3 Å². The number of anilines is 1. The molecule has 0 radical (unpaired) electrons. The number of benzene rings is 1. The van der Waals surface area contributed by atoms with Gasteiger partial charge in [0.15, 0.2) is 5.75 Å². The van der Waals surface area contributed by atoms with Crippen LogP contribution in [-0.2, 0) is 0 Å². The minimum atomic E-state index is -2.86. The van der Waals surface area contributed by atoms with Crippen LogP contribution in [0.15, 0.2) is 16.6 Å². The van der Waals surface area contributed by atoms with Crippen molar-refractivity contribution in [1.82, 2.24) is 0 Å². The molecule has 0 bridgehead atoms. The summed E-state index contributed by atoms with van der Waals surface area (Å²) >= 11 is 9.11. The molecular weight excluding hydrogens is 352 g/mol. The fourth-order valence-electron chi connectivity index (χ4n) is 1.85. The lowest BCUT2D eigenvalue weighted by molar-refractivity contribution is -0.0498. The molecule has 2 nitrogen and oxygen atoms in total. The molecule has 0 fully saturated rings. The second kappa shape index (κ2) is 9.40. The highest BCUT2D eigenvalue weighted by atomic mass is 79.9. The van der Waals surface area contributed by atoms with E-state index in [4.69, 9.17) is 11.6 Å². The number of rotatable bonds is 9. The zero-order valence-electron chi connectivity index (χ0n) is 11.4. The van der Waals surface area contributed by atoms with Crippen molar-refractivity contribution in [3.05, 3.63) is 21.6 Å². The van der Waals surface area contributed by atoms with Crippen LogP contribution in [0.2, 0.25) is 5.02 Å². The summed E-state index contributed by atoms with van der Waals surface area (Å²) in [4.78, 5) is 0. The van der Waals surface area contributed by atoms with Crippen LogP contribution in [0.5, 0.6) is 5.75 Å². The van der Waals surface area contributed by atoms with Gasteiger partial charge in [-0.05, 0) is 34.5 Å². The third-order valence-electron chi connectivity index (χ3n) is 2.81. The Balaban J connectivity index is 2.58. The minimum absolute atomic E-state index is 0.0953. The Hall–Kier alpha value is -0.550. The Kier molecular flexibility index (Phi) is 8.22. The average Bonchev–Trinajstić information content (AvgIpc) is 2.37. The maximum Gasteiger partial charge on any atom is 0.387 e. The Morgan fingerprint density at radius 3 is 2.60 bits per heavy atom. The first-order valence-electron chi connectivity index (χ1n) is 6.72. The van der Waals surface area contributed by atoms with Gasteiger partial charge < -0.3 is 10.1 Å². The smallest absolute Gasteiger partial charge is 0.387 e. The number of nitrogens with one attached hydrogen (secondary N) is 1. The van der Waals surface area contributed by atoms with E-state index in [1.807, 2.05) is 0 Å². The van der Waals surface area contributed by atoms with E-state index >= 15 is 0 Å². The first-order valence-corrected chi connectivity index (χ1v) is 7.89. The zero-order chi connectivity index (χ0) is 15.0. The molecule has 1 aromatic rings. The third kappa shape index (κ3) is 6.27. The predicted molar refractivity (Wildman–Crippen MR) is 83.0 cm³/mol. The molecule has 0 aliphatic rings. The van der Waals surface area contributed by atoms with Crippen molar-refractivity contribution in [2.24, 2.45) is 0 Å². The first-order chi connectivity index (χ1) is 9.54. The molecule has 0 saturated heterocycles. The van der Waals surface area contributed by atoms with Gasteiger partial charge in [-0.3, -0.25) is 0 Å². The second-order valence-electron chi connectivity index (χ2n) is 4.48. The molecule has 1 N–H and O–H groups in total. The van der Waals surface area contributed by atoms with E-state index in [1.54, 1.807) is 6.07 Å². The van der Waals surface area contributed by atoms with E-state index in [-0.39, 0.29) is 5.75 Å². The monoisotopic (exact) mass is 369 g/mol. The molecule has 20 heavy (non-hydrogen) atoms. The topological polar surface area (TPSA) is 21.3 Å². The molecule has 0 unspecified atom stereocenters. The number of alkyl halides is 2. The van der Waals surface area contributed by atoms with Crippen LogP contribution in [0.25, 0.3) is 0 Å². The maximum atomic E-state index is 12.4. The van der Waals surface area contributed by atoms with Crippen LogP contribution in [0.4, 0.5) is 14.5 Å². The van der Waals surface area contributed by atoms with Crippen molar-refractivity contribution in [3.8, 4) is 5.75 Å². The van der Waals surface area contributed by atoms with Gasteiger partial charge in [-0.25, -0.2) is 0 Å². The molecule has 0 heterocycles. The highest BCUT2D eigenvalue weighted by molar-refractivity contribution is 9.10. The predicted octanol–water partition coefficient (Wildman–Crippen LogP) is 6.09. The molecule has 0 aliphatic carbocycles. The van der Waals surface area contributed by atoms with Crippen LogP contribution in [0.1, 0.15) is 39.0 Å². The third-order valence-corrected chi connectivity index (χ3v) is 3.62. The molecule has 6 heteroatoms. The summed E-state index contributed by atoms with van der Waals surface area (Å²) in [5.41, 5.74) is 0.486. The summed E-state index contributed by atoms with van der Waals surface area (Å²) in [5, 5.41) is 3.57. The molecule has 1 rings (SSSR count). The molecule has 0 aliphatic heterocycles. The van der Waals surface area contributed by atoms with Crippen LogP contribution >= 0.6 is 27.5 Å². The molecule has 0 spiro atoms. The molecule has 0 amide bonds. The van der Waals surface area contributed by atoms with Gasteiger partial charge in [0.25, 0.3) is 0 Å². The zero-order valence-corrected chi connectivity index (χ0v) is 13.7. The highest BCUT2D eigenvalue weighted by Gasteiger charge is 2.14. The molecule has 1 aromatic carbocycles. The minimum Gasteiger partial charge on any atom is -0.431 e. The van der Waals surface area contributed by atoms with Crippen molar-refractivity contribution in [2.45, 2.75) is 45.6 Å². The van der Waals surface area contributed by atoms with E-state index in [0.717, 1.165) is 12.8 Å².